The molecule has 0 aromatic carbocycles. The molecule has 7 heteroatoms. The molecular formula is C11H15N3O4. The number of amides is 1. The summed E-state index contributed by atoms with van der Waals surface area (Å²) in [6.45, 7) is 1.41. The highest BCUT2D eigenvalue weighted by Gasteiger charge is 2.26. The molecule has 18 heavy (non-hydrogen) atoms. The van der Waals surface area contributed by atoms with Crippen molar-refractivity contribution in [3.8, 4) is 0 Å². The highest BCUT2D eigenvalue weighted by molar-refractivity contribution is 5.78. The van der Waals surface area contributed by atoms with E-state index >= 15 is 0 Å². The zero-order chi connectivity index (χ0) is 13.7. The average molecular weight is 253 g/mol. The molecule has 0 saturated carbocycles. The second-order valence-corrected chi connectivity index (χ2v) is 3.80. The first-order chi connectivity index (χ1) is 8.43. The van der Waals surface area contributed by atoms with E-state index in [0.29, 0.717) is 5.69 Å². The maximum atomic E-state index is 11.5. The van der Waals surface area contributed by atoms with Crippen molar-refractivity contribution in [2.24, 2.45) is 0 Å². The lowest BCUT2D eigenvalue weighted by Gasteiger charge is -2.27. The first-order valence-electron chi connectivity index (χ1n) is 5.24. The molecule has 0 aliphatic carbocycles. The van der Waals surface area contributed by atoms with Gasteiger partial charge in [-0.25, -0.2) is 9.59 Å². The van der Waals surface area contributed by atoms with E-state index in [1.54, 1.807) is 18.3 Å². The summed E-state index contributed by atoms with van der Waals surface area (Å²) < 4.78 is 0. The zero-order valence-electron chi connectivity index (χ0n) is 10.4. The Kier molecular flexibility index (Phi) is 4.47. The number of hydrogen-bond donors (Lipinski definition) is 1. The quantitative estimate of drug-likeness (QED) is 0.805. The van der Waals surface area contributed by atoms with E-state index < -0.39 is 18.1 Å². The van der Waals surface area contributed by atoms with Crippen molar-refractivity contribution in [1.29, 1.82) is 0 Å². The van der Waals surface area contributed by atoms with E-state index in [4.69, 9.17) is 9.94 Å². The van der Waals surface area contributed by atoms with Gasteiger partial charge in [0.25, 0.3) is 0 Å². The van der Waals surface area contributed by atoms with Crippen LogP contribution in [0, 0.1) is 0 Å². The molecule has 0 saturated heterocycles. The highest BCUT2D eigenvalue weighted by Crippen LogP contribution is 2.16. The van der Waals surface area contributed by atoms with Gasteiger partial charge in [0.15, 0.2) is 6.04 Å². The molecule has 1 amide bonds. The number of pyridine rings is 1. The van der Waals surface area contributed by atoms with Crippen LogP contribution < -0.4 is 5.06 Å². The standard InChI is InChI=1S/C11H15N3O4/c1-8(10(15)16)14(18-11(17)13(2)3)9-5-4-6-12-7-9/h4-8H,1-3H3,(H,15,16)/t8-/m0/s1. The summed E-state index contributed by atoms with van der Waals surface area (Å²) in [5.74, 6) is -1.11. The third kappa shape index (κ3) is 3.34. The minimum atomic E-state index is -1.11. The molecule has 0 spiro atoms. The van der Waals surface area contributed by atoms with Gasteiger partial charge >= 0.3 is 12.1 Å². The van der Waals surface area contributed by atoms with E-state index in [1.807, 2.05) is 0 Å². The second kappa shape index (κ2) is 5.85. The summed E-state index contributed by atoms with van der Waals surface area (Å²) in [6, 6.07) is 2.22. The Labute approximate surface area is 105 Å². The van der Waals surface area contributed by atoms with Gasteiger partial charge in [-0.05, 0) is 19.1 Å². The first kappa shape index (κ1) is 13.8. The van der Waals surface area contributed by atoms with Crippen molar-refractivity contribution in [3.05, 3.63) is 24.5 Å². The van der Waals surface area contributed by atoms with Gasteiger partial charge in [0.2, 0.25) is 0 Å². The average Bonchev–Trinajstić information content (AvgIpc) is 2.35. The molecule has 1 rings (SSSR count). The maximum Gasteiger partial charge on any atom is 0.433 e. The fourth-order valence-corrected chi connectivity index (χ4v) is 1.11. The van der Waals surface area contributed by atoms with Crippen molar-refractivity contribution in [3.63, 3.8) is 0 Å². The maximum absolute atomic E-state index is 11.5. The monoisotopic (exact) mass is 253 g/mol. The Bertz CT molecular complexity index is 422. The fraction of sp³-hybridized carbons (Fsp3) is 0.364. The Morgan fingerprint density at radius 2 is 2.11 bits per heavy atom. The van der Waals surface area contributed by atoms with E-state index in [2.05, 4.69) is 4.98 Å². The molecule has 1 atom stereocenters. The number of carbonyl (C=O) groups excluding carboxylic acids is 1. The van der Waals surface area contributed by atoms with E-state index in [1.165, 1.54) is 32.1 Å². The Morgan fingerprint density at radius 1 is 1.44 bits per heavy atom. The Morgan fingerprint density at radius 3 is 2.56 bits per heavy atom. The molecule has 98 valence electrons. The molecule has 0 unspecified atom stereocenters. The molecular weight excluding hydrogens is 238 g/mol. The van der Waals surface area contributed by atoms with E-state index in [-0.39, 0.29) is 0 Å². The van der Waals surface area contributed by atoms with Crippen LogP contribution in [-0.4, -0.2) is 47.2 Å². The number of aliphatic carboxylic acids is 1. The number of carbonyl (C=O) groups is 2. The topological polar surface area (TPSA) is 83.0 Å². The predicted octanol–water partition coefficient (Wildman–Crippen LogP) is 0.974. The summed E-state index contributed by atoms with van der Waals surface area (Å²) in [5.41, 5.74) is 0.391. The normalized spacial score (nSPS) is 11.5. The second-order valence-electron chi connectivity index (χ2n) is 3.80. The number of anilines is 1. The van der Waals surface area contributed by atoms with Gasteiger partial charge in [0, 0.05) is 20.3 Å². The third-order valence-electron chi connectivity index (χ3n) is 2.15. The van der Waals surface area contributed by atoms with Crippen molar-refractivity contribution < 1.29 is 19.5 Å². The lowest BCUT2D eigenvalue weighted by molar-refractivity contribution is -0.139. The van der Waals surface area contributed by atoms with Gasteiger partial charge < -0.3 is 14.8 Å². The number of hydroxylamine groups is 1. The van der Waals surface area contributed by atoms with Crippen molar-refractivity contribution in [2.75, 3.05) is 19.2 Å². The number of nitrogens with zero attached hydrogens (tertiary/aromatic N) is 3. The van der Waals surface area contributed by atoms with E-state index in [9.17, 15) is 9.59 Å². The van der Waals surface area contributed by atoms with Gasteiger partial charge in [-0.15, -0.1) is 0 Å². The first-order valence-corrected chi connectivity index (χ1v) is 5.24. The molecule has 1 aromatic rings. The molecule has 1 aromatic heterocycles. The highest BCUT2D eigenvalue weighted by atomic mass is 16.7. The third-order valence-corrected chi connectivity index (χ3v) is 2.15. The van der Waals surface area contributed by atoms with Gasteiger partial charge in [0.05, 0.1) is 11.9 Å². The Balaban J connectivity index is 2.96. The molecule has 0 aliphatic heterocycles. The van der Waals surface area contributed by atoms with Crippen LogP contribution in [-0.2, 0) is 9.63 Å². The van der Waals surface area contributed by atoms with Crippen LogP contribution in [0.1, 0.15) is 6.92 Å². The van der Waals surface area contributed by atoms with Crippen LogP contribution in [0.3, 0.4) is 0 Å². The molecule has 0 radical (unpaired) electrons. The lowest BCUT2D eigenvalue weighted by atomic mass is 10.3. The van der Waals surface area contributed by atoms with Crippen molar-refractivity contribution in [1.82, 2.24) is 9.88 Å². The van der Waals surface area contributed by atoms with Crippen LogP contribution in [0.25, 0.3) is 0 Å². The zero-order valence-corrected chi connectivity index (χ0v) is 10.4. The van der Waals surface area contributed by atoms with Crippen molar-refractivity contribution >= 4 is 17.7 Å². The molecule has 1 heterocycles. The van der Waals surface area contributed by atoms with Gasteiger partial charge in [-0.3, -0.25) is 4.98 Å². The molecule has 0 bridgehead atoms. The number of carboxylic acid groups (broad SMARTS) is 1. The predicted molar refractivity (Wildman–Crippen MR) is 64.0 cm³/mol. The summed E-state index contributed by atoms with van der Waals surface area (Å²) >= 11 is 0. The SMILES string of the molecule is C[C@@H](C(=O)O)N(OC(=O)N(C)C)c1cccnc1. The molecule has 1 N–H and O–H groups in total. The van der Waals surface area contributed by atoms with Gasteiger partial charge in [-0.2, -0.15) is 5.06 Å². The lowest BCUT2D eigenvalue weighted by Crippen LogP contribution is -2.43. The van der Waals surface area contributed by atoms with Gasteiger partial charge in [-0.1, -0.05) is 0 Å². The van der Waals surface area contributed by atoms with Crippen LogP contribution in [0.4, 0.5) is 10.5 Å². The molecule has 7 nitrogen and oxygen atoms in total. The van der Waals surface area contributed by atoms with E-state index in [0.717, 1.165) is 5.06 Å². The van der Waals surface area contributed by atoms with Crippen LogP contribution >= 0.6 is 0 Å². The number of carboxylic acids is 1. The van der Waals surface area contributed by atoms with Gasteiger partial charge in [0.1, 0.15) is 0 Å². The summed E-state index contributed by atoms with van der Waals surface area (Å²) in [5, 5.41) is 10.0. The van der Waals surface area contributed by atoms with Crippen LogP contribution in [0.15, 0.2) is 24.5 Å². The van der Waals surface area contributed by atoms with Crippen LogP contribution in [0.5, 0.6) is 0 Å². The number of rotatable bonds is 4. The Hall–Kier alpha value is -2.31. The fourth-order valence-electron chi connectivity index (χ4n) is 1.11. The minimum Gasteiger partial charge on any atom is -0.480 e. The van der Waals surface area contributed by atoms with Crippen molar-refractivity contribution in [2.45, 2.75) is 13.0 Å². The smallest absolute Gasteiger partial charge is 0.433 e. The summed E-state index contributed by atoms with van der Waals surface area (Å²) in [6.07, 6.45) is 2.30. The summed E-state index contributed by atoms with van der Waals surface area (Å²) in [4.78, 5) is 32.6. The number of hydrogen-bond acceptors (Lipinski definition) is 5. The molecule has 0 aliphatic rings. The summed E-state index contributed by atoms with van der Waals surface area (Å²) in [7, 11) is 3.02. The molecule has 0 fully saturated rings. The largest absolute Gasteiger partial charge is 0.480 e. The van der Waals surface area contributed by atoms with Crippen LogP contribution in [0.2, 0.25) is 0 Å². The minimum absolute atomic E-state index is 0.391. The number of aromatic nitrogens is 1.